The van der Waals surface area contributed by atoms with Gasteiger partial charge in [0.1, 0.15) is 12.1 Å². The highest BCUT2D eigenvalue weighted by atomic mass is 16.5. The van der Waals surface area contributed by atoms with Gasteiger partial charge in [-0.15, -0.1) is 10.2 Å². The third-order valence-electron chi connectivity index (χ3n) is 4.57. The van der Waals surface area contributed by atoms with E-state index in [4.69, 9.17) is 4.74 Å². The Bertz CT molecular complexity index is 815. The molecule has 1 aliphatic rings. The number of benzene rings is 1. The number of piperidine rings is 1. The van der Waals surface area contributed by atoms with Gasteiger partial charge in [0.05, 0.1) is 17.8 Å². The standard InChI is InChI=1S/C17H21N7O/c1(2-16-21-23-24-22-16)9-25-13-3-4-14-15(10-13)19-11-20-17(14)12-5-7-18-8-6-12/h3-4,10-12,18H,1-2,5-9H2,(H,21,22,23,24). The molecular weight excluding hydrogens is 318 g/mol. The van der Waals surface area contributed by atoms with Crippen LogP contribution in [0.25, 0.3) is 10.9 Å². The van der Waals surface area contributed by atoms with Crippen LogP contribution in [0.3, 0.4) is 0 Å². The Labute approximate surface area is 145 Å². The van der Waals surface area contributed by atoms with E-state index in [-0.39, 0.29) is 0 Å². The van der Waals surface area contributed by atoms with Crippen LogP contribution in [0.5, 0.6) is 5.75 Å². The molecule has 1 aliphatic heterocycles. The van der Waals surface area contributed by atoms with Crippen molar-refractivity contribution in [2.24, 2.45) is 0 Å². The predicted octanol–water partition coefficient (Wildman–Crippen LogP) is 1.62. The normalized spacial score (nSPS) is 15.5. The fourth-order valence-electron chi connectivity index (χ4n) is 3.28. The first-order chi connectivity index (χ1) is 12.4. The molecule has 25 heavy (non-hydrogen) atoms. The van der Waals surface area contributed by atoms with Crippen molar-refractivity contribution in [3.05, 3.63) is 36.0 Å². The van der Waals surface area contributed by atoms with Crippen LogP contribution in [-0.2, 0) is 6.42 Å². The van der Waals surface area contributed by atoms with E-state index in [2.05, 4.69) is 42.0 Å². The Morgan fingerprint density at radius 3 is 2.92 bits per heavy atom. The number of rotatable bonds is 6. The minimum absolute atomic E-state index is 0.508. The van der Waals surface area contributed by atoms with E-state index < -0.39 is 0 Å². The van der Waals surface area contributed by atoms with Crippen molar-refractivity contribution in [2.75, 3.05) is 19.7 Å². The van der Waals surface area contributed by atoms with Gasteiger partial charge in [0.2, 0.25) is 0 Å². The summed E-state index contributed by atoms with van der Waals surface area (Å²) >= 11 is 0. The number of hydrogen-bond acceptors (Lipinski definition) is 7. The molecule has 8 nitrogen and oxygen atoms in total. The van der Waals surface area contributed by atoms with E-state index in [1.807, 2.05) is 12.1 Å². The summed E-state index contributed by atoms with van der Waals surface area (Å²) < 4.78 is 5.84. The van der Waals surface area contributed by atoms with Gasteiger partial charge in [-0.2, -0.15) is 5.21 Å². The van der Waals surface area contributed by atoms with Gasteiger partial charge in [-0.1, -0.05) is 5.21 Å². The van der Waals surface area contributed by atoms with Crippen LogP contribution in [-0.4, -0.2) is 50.3 Å². The van der Waals surface area contributed by atoms with Crippen LogP contribution >= 0.6 is 0 Å². The van der Waals surface area contributed by atoms with Gasteiger partial charge in [0, 0.05) is 23.8 Å². The molecule has 0 unspecified atom stereocenters. The Kier molecular flexibility index (Phi) is 4.78. The van der Waals surface area contributed by atoms with Crippen LogP contribution in [0.2, 0.25) is 0 Å². The van der Waals surface area contributed by atoms with Gasteiger partial charge < -0.3 is 10.1 Å². The summed E-state index contributed by atoms with van der Waals surface area (Å²) in [6.07, 6.45) is 5.49. The zero-order valence-electron chi connectivity index (χ0n) is 14.0. The molecule has 2 aromatic heterocycles. The fourth-order valence-corrected chi connectivity index (χ4v) is 3.28. The first-order valence-corrected chi connectivity index (χ1v) is 8.70. The molecule has 8 heteroatoms. The summed E-state index contributed by atoms with van der Waals surface area (Å²) in [6.45, 7) is 2.71. The molecule has 1 fully saturated rings. The van der Waals surface area contributed by atoms with E-state index in [1.165, 1.54) is 0 Å². The second kappa shape index (κ2) is 7.52. The zero-order chi connectivity index (χ0) is 16.9. The summed E-state index contributed by atoms with van der Waals surface area (Å²) in [4.78, 5) is 8.99. The molecule has 0 radical (unpaired) electrons. The highest BCUT2D eigenvalue weighted by Crippen LogP contribution is 2.30. The number of hydrogen-bond donors (Lipinski definition) is 2. The van der Waals surface area contributed by atoms with Gasteiger partial charge in [0.25, 0.3) is 0 Å². The highest BCUT2D eigenvalue weighted by Gasteiger charge is 2.19. The van der Waals surface area contributed by atoms with Crippen LogP contribution < -0.4 is 10.1 Å². The molecule has 4 rings (SSSR count). The summed E-state index contributed by atoms with van der Waals surface area (Å²) in [6, 6.07) is 6.09. The zero-order valence-corrected chi connectivity index (χ0v) is 14.0. The molecule has 0 atom stereocenters. The van der Waals surface area contributed by atoms with Crippen molar-refractivity contribution in [3.8, 4) is 5.75 Å². The minimum atomic E-state index is 0.508. The Hall–Kier alpha value is -2.61. The van der Waals surface area contributed by atoms with Crippen molar-refractivity contribution >= 4 is 10.9 Å². The number of fused-ring (bicyclic) bond motifs is 1. The van der Waals surface area contributed by atoms with E-state index >= 15 is 0 Å². The molecule has 0 spiro atoms. The number of tetrazole rings is 1. The molecule has 1 aromatic carbocycles. The number of aromatic nitrogens is 6. The van der Waals surface area contributed by atoms with Crippen molar-refractivity contribution < 1.29 is 4.74 Å². The van der Waals surface area contributed by atoms with Gasteiger partial charge >= 0.3 is 0 Å². The number of ether oxygens (including phenoxy) is 1. The van der Waals surface area contributed by atoms with Crippen molar-refractivity contribution in [3.63, 3.8) is 0 Å². The predicted molar refractivity (Wildman–Crippen MR) is 92.4 cm³/mol. The lowest BCUT2D eigenvalue weighted by molar-refractivity contribution is 0.310. The molecule has 3 heterocycles. The smallest absolute Gasteiger partial charge is 0.174 e. The van der Waals surface area contributed by atoms with E-state index in [9.17, 15) is 0 Å². The largest absolute Gasteiger partial charge is 0.494 e. The topological polar surface area (TPSA) is 102 Å². The lowest BCUT2D eigenvalue weighted by atomic mass is 9.92. The average molecular weight is 339 g/mol. The highest BCUT2D eigenvalue weighted by molar-refractivity contribution is 5.82. The maximum absolute atomic E-state index is 5.84. The number of aromatic amines is 1. The Morgan fingerprint density at radius 1 is 1.16 bits per heavy atom. The monoisotopic (exact) mass is 339 g/mol. The molecule has 0 saturated carbocycles. The Balaban J connectivity index is 1.43. The molecule has 0 bridgehead atoms. The summed E-state index contributed by atoms with van der Waals surface area (Å²) in [7, 11) is 0. The van der Waals surface area contributed by atoms with Crippen molar-refractivity contribution in [1.29, 1.82) is 0 Å². The molecule has 3 aromatic rings. The van der Waals surface area contributed by atoms with Crippen LogP contribution in [0, 0.1) is 0 Å². The number of nitrogens with one attached hydrogen (secondary N) is 2. The summed E-state index contributed by atoms with van der Waals surface area (Å²) in [5.41, 5.74) is 2.11. The number of nitrogens with zero attached hydrogens (tertiary/aromatic N) is 5. The van der Waals surface area contributed by atoms with E-state index in [0.29, 0.717) is 18.3 Å². The maximum atomic E-state index is 5.84. The van der Waals surface area contributed by atoms with E-state index in [1.54, 1.807) is 6.33 Å². The number of aryl methyl sites for hydroxylation is 1. The second-order valence-electron chi connectivity index (χ2n) is 6.24. The van der Waals surface area contributed by atoms with Gasteiger partial charge in [-0.05, 0) is 44.5 Å². The molecular formula is C17H21N7O. The maximum Gasteiger partial charge on any atom is 0.174 e. The third-order valence-corrected chi connectivity index (χ3v) is 4.57. The van der Waals surface area contributed by atoms with Crippen LogP contribution in [0.1, 0.15) is 36.7 Å². The van der Waals surface area contributed by atoms with Crippen LogP contribution in [0.15, 0.2) is 24.5 Å². The summed E-state index contributed by atoms with van der Waals surface area (Å²) in [5.74, 6) is 2.05. The van der Waals surface area contributed by atoms with Crippen molar-refractivity contribution in [2.45, 2.75) is 31.6 Å². The van der Waals surface area contributed by atoms with Gasteiger partial charge in [0.15, 0.2) is 5.82 Å². The first-order valence-electron chi connectivity index (χ1n) is 8.70. The van der Waals surface area contributed by atoms with Crippen LogP contribution in [0.4, 0.5) is 0 Å². The fraction of sp³-hybridized carbons (Fsp3) is 0.471. The molecule has 1 saturated heterocycles. The second-order valence-corrected chi connectivity index (χ2v) is 6.24. The molecule has 0 amide bonds. The third kappa shape index (κ3) is 3.74. The van der Waals surface area contributed by atoms with Crippen molar-refractivity contribution in [1.82, 2.24) is 35.9 Å². The summed E-state index contributed by atoms with van der Waals surface area (Å²) in [5, 5.41) is 18.4. The quantitative estimate of drug-likeness (QED) is 0.658. The SMILES string of the molecule is c1nc(C2CCNCC2)c2ccc(OCCCc3nn[nH]n3)cc2n1. The van der Waals surface area contributed by atoms with Gasteiger partial charge in [-0.25, -0.2) is 9.97 Å². The van der Waals surface area contributed by atoms with E-state index in [0.717, 1.165) is 61.1 Å². The Morgan fingerprint density at radius 2 is 2.08 bits per heavy atom. The lowest BCUT2D eigenvalue weighted by Gasteiger charge is -2.23. The molecule has 0 aliphatic carbocycles. The molecule has 130 valence electrons. The minimum Gasteiger partial charge on any atom is -0.494 e. The average Bonchev–Trinajstić information content (AvgIpc) is 3.19. The van der Waals surface area contributed by atoms with Gasteiger partial charge in [-0.3, -0.25) is 0 Å². The first kappa shape index (κ1) is 15.9. The lowest BCUT2D eigenvalue weighted by Crippen LogP contribution is -2.27. The number of H-pyrrole nitrogens is 1. The molecule has 2 N–H and O–H groups in total.